The first kappa shape index (κ1) is 7.32. The molecule has 2 aliphatic rings. The molecule has 0 saturated heterocycles. The zero-order valence-corrected chi connectivity index (χ0v) is 7.36. The van der Waals surface area contributed by atoms with Gasteiger partial charge in [0.25, 0.3) is 0 Å². The normalized spacial score (nSPS) is 11.1. The van der Waals surface area contributed by atoms with E-state index in [1.165, 1.54) is 0 Å². The molecule has 0 spiro atoms. The van der Waals surface area contributed by atoms with Crippen LogP contribution in [0.15, 0.2) is 30.5 Å². The Bertz CT molecular complexity index is 569. The number of aromatic amines is 1. The van der Waals surface area contributed by atoms with E-state index < -0.39 is 0 Å². The van der Waals surface area contributed by atoms with Gasteiger partial charge < -0.3 is 10.7 Å². The summed E-state index contributed by atoms with van der Waals surface area (Å²) < 4.78 is 0. The molecule has 2 heterocycles. The summed E-state index contributed by atoms with van der Waals surface area (Å²) in [6.07, 6.45) is 1.82. The summed E-state index contributed by atoms with van der Waals surface area (Å²) in [6.45, 7) is 0. The van der Waals surface area contributed by atoms with Crippen molar-refractivity contribution >= 4 is 16.7 Å². The third-order valence-electron chi connectivity index (χ3n) is 2.34. The van der Waals surface area contributed by atoms with Gasteiger partial charge in [0.2, 0.25) is 0 Å². The maximum atomic E-state index is 5.75. The van der Waals surface area contributed by atoms with Crippen LogP contribution in [0.1, 0.15) is 0 Å². The summed E-state index contributed by atoms with van der Waals surface area (Å²) in [6, 6.07) is 7.96. The van der Waals surface area contributed by atoms with Crippen LogP contribution in [0, 0.1) is 0 Å². The Hall–Kier alpha value is -2.10. The Labute approximate surface area is 80.1 Å². The minimum Gasteiger partial charge on any atom is -0.382 e. The van der Waals surface area contributed by atoms with Gasteiger partial charge in [-0.1, -0.05) is 18.2 Å². The number of nitrogens with zero attached hydrogens (tertiary/aromatic N) is 2. The van der Waals surface area contributed by atoms with Gasteiger partial charge in [0.1, 0.15) is 5.69 Å². The quantitative estimate of drug-likeness (QED) is 0.558. The van der Waals surface area contributed by atoms with Crippen LogP contribution < -0.4 is 5.73 Å². The summed E-state index contributed by atoms with van der Waals surface area (Å²) in [5.74, 6) is 0.491. The predicted octanol–water partition coefficient (Wildman–Crippen LogP) is 1.64. The number of anilines is 1. The van der Waals surface area contributed by atoms with Crippen LogP contribution in [0.25, 0.3) is 22.2 Å². The summed E-state index contributed by atoms with van der Waals surface area (Å²) in [7, 11) is 0. The minimum atomic E-state index is 0.491. The van der Waals surface area contributed by atoms with Gasteiger partial charge in [-0.05, 0) is 6.07 Å². The molecule has 3 rings (SSSR count). The van der Waals surface area contributed by atoms with Gasteiger partial charge in [-0.15, -0.1) is 10.2 Å². The van der Waals surface area contributed by atoms with E-state index in [9.17, 15) is 0 Å². The molecule has 0 unspecified atom stereocenters. The van der Waals surface area contributed by atoms with E-state index in [-0.39, 0.29) is 0 Å². The van der Waals surface area contributed by atoms with Crippen LogP contribution >= 0.6 is 0 Å². The number of nitrogens with one attached hydrogen (secondary N) is 1. The molecule has 0 radical (unpaired) electrons. The molecule has 68 valence electrons. The molecule has 3 N–H and O–H groups in total. The molecule has 2 aliphatic heterocycles. The fourth-order valence-electron chi connectivity index (χ4n) is 1.69. The molecule has 0 saturated carbocycles. The lowest BCUT2D eigenvalue weighted by Gasteiger charge is -2.03. The number of pyridine rings is 1. The molecular formula is C10H8N4. The fourth-order valence-corrected chi connectivity index (χ4v) is 1.69. The largest absolute Gasteiger partial charge is 0.382 e. The number of hydrogen-bond acceptors (Lipinski definition) is 3. The molecule has 4 heteroatoms. The number of rotatable bonds is 0. The highest BCUT2D eigenvalue weighted by Crippen LogP contribution is 2.31. The second-order valence-corrected chi connectivity index (χ2v) is 3.18. The number of hydrogen-bond donors (Lipinski definition) is 2. The number of aromatic nitrogens is 3. The minimum absolute atomic E-state index is 0.491. The average molecular weight is 184 g/mol. The first-order valence-electron chi connectivity index (χ1n) is 4.34. The van der Waals surface area contributed by atoms with E-state index >= 15 is 0 Å². The highest BCUT2D eigenvalue weighted by molar-refractivity contribution is 5.98. The Balaban J connectivity index is 2.58. The van der Waals surface area contributed by atoms with Crippen molar-refractivity contribution in [3.8, 4) is 11.3 Å². The molecule has 1 aromatic rings. The van der Waals surface area contributed by atoms with Gasteiger partial charge in [-0.2, -0.15) is 0 Å². The number of fused-ring (bicyclic) bond motifs is 3. The van der Waals surface area contributed by atoms with E-state index in [2.05, 4.69) is 15.2 Å². The Morgan fingerprint density at radius 1 is 1.14 bits per heavy atom. The molecule has 0 aromatic heterocycles. The lowest BCUT2D eigenvalue weighted by atomic mass is 10.1. The molecule has 0 amide bonds. The molecule has 0 bridgehead atoms. The van der Waals surface area contributed by atoms with E-state index in [1.54, 1.807) is 0 Å². The van der Waals surface area contributed by atoms with Crippen LogP contribution in [-0.2, 0) is 0 Å². The van der Waals surface area contributed by atoms with Gasteiger partial charge in [0, 0.05) is 17.1 Å². The van der Waals surface area contributed by atoms with Crippen molar-refractivity contribution in [2.75, 3.05) is 5.73 Å². The predicted molar refractivity (Wildman–Crippen MR) is 54.9 cm³/mol. The second kappa shape index (κ2) is 2.45. The molecule has 4 nitrogen and oxygen atoms in total. The van der Waals surface area contributed by atoms with Crippen LogP contribution in [0.2, 0.25) is 0 Å². The molecule has 1 aromatic carbocycles. The monoisotopic (exact) mass is 184 g/mol. The maximum Gasteiger partial charge on any atom is 0.156 e. The van der Waals surface area contributed by atoms with Crippen LogP contribution in [0.4, 0.5) is 5.82 Å². The SMILES string of the molecule is Nc1nnc2c[nH]c3ccccc3c1-2. The maximum absolute atomic E-state index is 5.75. The number of para-hydroxylation sites is 1. The van der Waals surface area contributed by atoms with Gasteiger partial charge in [-0.25, -0.2) is 0 Å². The standard InChI is InChI=1S/C10H8N4/c11-10-9-6-3-1-2-4-7(6)12-5-8(9)13-14-10/h1-5,12H,11H2. The molecule has 0 atom stereocenters. The van der Waals surface area contributed by atoms with E-state index in [4.69, 9.17) is 5.73 Å². The lowest BCUT2D eigenvalue weighted by Crippen LogP contribution is -1.89. The summed E-state index contributed by atoms with van der Waals surface area (Å²) in [5, 5.41) is 8.88. The summed E-state index contributed by atoms with van der Waals surface area (Å²) in [4.78, 5) is 3.15. The number of nitrogen functional groups attached to an aromatic ring is 1. The van der Waals surface area contributed by atoms with Crippen molar-refractivity contribution in [3.05, 3.63) is 30.5 Å². The topological polar surface area (TPSA) is 67.6 Å². The van der Waals surface area contributed by atoms with Crippen LogP contribution in [-0.4, -0.2) is 15.2 Å². The number of nitrogens with two attached hydrogens (primary N) is 1. The second-order valence-electron chi connectivity index (χ2n) is 3.18. The van der Waals surface area contributed by atoms with Crippen molar-refractivity contribution in [3.63, 3.8) is 0 Å². The molecule has 14 heavy (non-hydrogen) atoms. The number of benzene rings is 1. The van der Waals surface area contributed by atoms with Crippen LogP contribution in [0.3, 0.4) is 0 Å². The fraction of sp³-hybridized carbons (Fsp3) is 0. The van der Waals surface area contributed by atoms with Gasteiger partial charge in [-0.3, -0.25) is 0 Å². The van der Waals surface area contributed by atoms with E-state index in [0.29, 0.717) is 5.82 Å². The molecule has 0 fully saturated rings. The first-order chi connectivity index (χ1) is 6.86. The van der Waals surface area contributed by atoms with Gasteiger partial charge in [0.15, 0.2) is 5.82 Å². The zero-order valence-electron chi connectivity index (χ0n) is 7.36. The zero-order chi connectivity index (χ0) is 9.54. The first-order valence-corrected chi connectivity index (χ1v) is 4.34. The molecule has 0 aliphatic carbocycles. The Morgan fingerprint density at radius 2 is 2.00 bits per heavy atom. The summed E-state index contributed by atoms with van der Waals surface area (Å²) in [5.41, 5.74) is 8.53. The van der Waals surface area contributed by atoms with Gasteiger partial charge >= 0.3 is 0 Å². The van der Waals surface area contributed by atoms with E-state index in [1.807, 2.05) is 30.5 Å². The third kappa shape index (κ3) is 0.821. The van der Waals surface area contributed by atoms with Crippen molar-refractivity contribution in [2.45, 2.75) is 0 Å². The van der Waals surface area contributed by atoms with Crippen molar-refractivity contribution in [2.24, 2.45) is 0 Å². The van der Waals surface area contributed by atoms with Crippen LogP contribution in [0.5, 0.6) is 0 Å². The van der Waals surface area contributed by atoms with Crippen molar-refractivity contribution in [1.82, 2.24) is 15.2 Å². The number of H-pyrrole nitrogens is 1. The van der Waals surface area contributed by atoms with Gasteiger partial charge in [0.05, 0.1) is 5.56 Å². The Morgan fingerprint density at radius 3 is 2.93 bits per heavy atom. The van der Waals surface area contributed by atoms with Crippen molar-refractivity contribution < 1.29 is 0 Å². The third-order valence-corrected chi connectivity index (χ3v) is 2.34. The average Bonchev–Trinajstić information content (AvgIpc) is 2.61. The highest BCUT2D eigenvalue weighted by Gasteiger charge is 2.13. The lowest BCUT2D eigenvalue weighted by molar-refractivity contribution is 1.10. The molecular weight excluding hydrogens is 176 g/mol. The smallest absolute Gasteiger partial charge is 0.156 e. The van der Waals surface area contributed by atoms with Crippen molar-refractivity contribution in [1.29, 1.82) is 0 Å². The Kier molecular flexibility index (Phi) is 1.28. The summed E-state index contributed by atoms with van der Waals surface area (Å²) >= 11 is 0. The van der Waals surface area contributed by atoms with E-state index in [0.717, 1.165) is 22.2 Å². The highest BCUT2D eigenvalue weighted by atomic mass is 15.2.